The average molecular weight is 499 g/mol. The van der Waals surface area contributed by atoms with Crippen LogP contribution in [0.15, 0.2) is 33.7 Å². The summed E-state index contributed by atoms with van der Waals surface area (Å²) in [6.45, 7) is 3.12. The molecule has 2 aromatic heterocycles. The highest BCUT2D eigenvalue weighted by atomic mass is 127. The van der Waals surface area contributed by atoms with Gasteiger partial charge in [-0.25, -0.2) is 4.99 Å². The van der Waals surface area contributed by atoms with Crippen LogP contribution in [0.1, 0.15) is 34.2 Å². The minimum absolute atomic E-state index is 0. The van der Waals surface area contributed by atoms with Gasteiger partial charge in [0.15, 0.2) is 11.7 Å². The number of furan rings is 1. The van der Waals surface area contributed by atoms with Crippen LogP contribution in [0.2, 0.25) is 4.34 Å². The van der Waals surface area contributed by atoms with E-state index in [0.717, 1.165) is 4.88 Å². The Morgan fingerprint density at radius 1 is 1.40 bits per heavy atom. The molecule has 0 saturated carbocycles. The van der Waals surface area contributed by atoms with Crippen LogP contribution in [0.25, 0.3) is 0 Å². The molecule has 5 N–H and O–H groups in total. The van der Waals surface area contributed by atoms with Gasteiger partial charge in [-0.3, -0.25) is 4.79 Å². The molecule has 0 aliphatic carbocycles. The average Bonchev–Trinajstić information content (AvgIpc) is 3.18. The van der Waals surface area contributed by atoms with Crippen molar-refractivity contribution in [3.05, 3.63) is 45.0 Å². The Bertz CT molecular complexity index is 719. The van der Waals surface area contributed by atoms with Crippen LogP contribution in [-0.4, -0.2) is 30.1 Å². The maximum atomic E-state index is 11.0. The summed E-state index contributed by atoms with van der Waals surface area (Å²) in [5.41, 5.74) is 5.14. The van der Waals surface area contributed by atoms with Crippen LogP contribution in [0.5, 0.6) is 0 Å². The highest BCUT2D eigenvalue weighted by Crippen LogP contribution is 2.26. The van der Waals surface area contributed by atoms with E-state index < -0.39 is 12.0 Å². The van der Waals surface area contributed by atoms with E-state index in [-0.39, 0.29) is 42.8 Å². The van der Waals surface area contributed by atoms with E-state index in [1.54, 1.807) is 18.2 Å². The predicted molar refractivity (Wildman–Crippen MR) is 110 cm³/mol. The van der Waals surface area contributed by atoms with Crippen LogP contribution < -0.4 is 16.4 Å². The molecular weight excluding hydrogens is 479 g/mol. The van der Waals surface area contributed by atoms with Gasteiger partial charge >= 0.3 is 0 Å². The number of carbonyl (C=O) groups is 1. The fourth-order valence-electron chi connectivity index (χ4n) is 1.90. The van der Waals surface area contributed by atoms with Gasteiger partial charge in [-0.15, -0.1) is 35.3 Å². The third kappa shape index (κ3) is 6.84. The Balaban J connectivity index is 0.00000312. The summed E-state index contributed by atoms with van der Waals surface area (Å²) < 4.78 is 5.90. The Morgan fingerprint density at radius 2 is 2.16 bits per heavy atom. The molecular formula is C15H20ClIN4O3S. The zero-order valence-electron chi connectivity index (χ0n) is 13.5. The van der Waals surface area contributed by atoms with Crippen molar-refractivity contribution in [3.8, 4) is 0 Å². The summed E-state index contributed by atoms with van der Waals surface area (Å²) >= 11 is 7.20. The van der Waals surface area contributed by atoms with Crippen LogP contribution in [0, 0.1) is 0 Å². The minimum Gasteiger partial charge on any atom is -0.454 e. The molecule has 2 rings (SSSR count). The first-order valence-electron chi connectivity index (χ1n) is 7.33. The molecule has 0 saturated heterocycles. The van der Waals surface area contributed by atoms with Gasteiger partial charge < -0.3 is 25.9 Å². The fourth-order valence-corrected chi connectivity index (χ4v) is 2.94. The fraction of sp³-hybridized carbons (Fsp3) is 0.333. The first-order valence-corrected chi connectivity index (χ1v) is 8.53. The van der Waals surface area contributed by atoms with E-state index in [1.807, 2.05) is 6.92 Å². The lowest BCUT2D eigenvalue weighted by Crippen LogP contribution is -2.39. The normalized spacial score (nSPS) is 12.4. The van der Waals surface area contributed by atoms with Gasteiger partial charge in [0.2, 0.25) is 0 Å². The largest absolute Gasteiger partial charge is 0.454 e. The Hall–Kier alpha value is -1.30. The molecule has 0 radical (unpaired) electrons. The van der Waals surface area contributed by atoms with Crippen molar-refractivity contribution in [2.45, 2.75) is 19.6 Å². The second kappa shape index (κ2) is 10.6. The molecule has 10 heteroatoms. The second-order valence-electron chi connectivity index (χ2n) is 4.86. The molecule has 138 valence electrons. The number of thiophene rings is 1. The van der Waals surface area contributed by atoms with E-state index in [4.69, 9.17) is 21.8 Å². The number of nitrogens with two attached hydrogens (primary N) is 1. The SMILES string of the molecule is CCNC(=NCc1ccc(C(N)=O)o1)NCC(O)c1ccc(Cl)s1.I. The number of amides is 1. The molecule has 25 heavy (non-hydrogen) atoms. The van der Waals surface area contributed by atoms with E-state index in [0.29, 0.717) is 22.6 Å². The van der Waals surface area contributed by atoms with Gasteiger partial charge in [0.1, 0.15) is 18.4 Å². The lowest BCUT2D eigenvalue weighted by Gasteiger charge is -2.14. The van der Waals surface area contributed by atoms with Crippen LogP contribution in [0.3, 0.4) is 0 Å². The molecule has 0 aliphatic rings. The standard InChI is InChI=1S/C15H19ClN4O3S.HI/c1-2-18-15(19-7-9-3-4-11(23-9)14(17)22)20-8-10(21)12-5-6-13(16)24-12;/h3-6,10,21H,2,7-8H2,1H3,(H2,17,22)(H2,18,19,20);1H. The van der Waals surface area contributed by atoms with Gasteiger partial charge in [0.05, 0.1) is 4.34 Å². The minimum atomic E-state index is -0.684. The number of aliphatic hydroxyl groups is 1. The van der Waals surface area contributed by atoms with Crippen molar-refractivity contribution < 1.29 is 14.3 Å². The summed E-state index contributed by atoms with van der Waals surface area (Å²) in [4.78, 5) is 16.1. The highest BCUT2D eigenvalue weighted by molar-refractivity contribution is 14.0. The second-order valence-corrected chi connectivity index (χ2v) is 6.61. The highest BCUT2D eigenvalue weighted by Gasteiger charge is 2.11. The number of nitrogens with one attached hydrogen (secondary N) is 2. The molecule has 0 fully saturated rings. The van der Waals surface area contributed by atoms with Crippen molar-refractivity contribution >= 4 is 58.8 Å². The maximum absolute atomic E-state index is 11.0. The first kappa shape index (κ1) is 21.7. The summed E-state index contributed by atoms with van der Waals surface area (Å²) in [5.74, 6) is 0.527. The van der Waals surface area contributed by atoms with Gasteiger partial charge in [-0.05, 0) is 31.2 Å². The number of nitrogens with zero attached hydrogens (tertiary/aromatic N) is 1. The van der Waals surface area contributed by atoms with Crippen LogP contribution >= 0.6 is 46.9 Å². The quantitative estimate of drug-likeness (QED) is 0.266. The van der Waals surface area contributed by atoms with Crippen molar-refractivity contribution in [1.29, 1.82) is 0 Å². The van der Waals surface area contributed by atoms with E-state index in [2.05, 4.69) is 15.6 Å². The molecule has 1 atom stereocenters. The molecule has 7 nitrogen and oxygen atoms in total. The number of carbonyl (C=O) groups excluding carboxylic acids is 1. The Morgan fingerprint density at radius 3 is 2.72 bits per heavy atom. The first-order chi connectivity index (χ1) is 11.5. The molecule has 1 amide bonds. The summed E-state index contributed by atoms with van der Waals surface area (Å²) in [7, 11) is 0. The van der Waals surface area contributed by atoms with Crippen LogP contribution in [-0.2, 0) is 6.54 Å². The lowest BCUT2D eigenvalue weighted by atomic mass is 10.3. The number of rotatable bonds is 7. The number of hydrogen-bond acceptors (Lipinski definition) is 5. The molecule has 2 aromatic rings. The Labute approximate surface area is 171 Å². The lowest BCUT2D eigenvalue weighted by molar-refractivity contribution is 0.0972. The predicted octanol–water partition coefficient (Wildman–Crippen LogP) is 2.50. The molecule has 0 aromatic carbocycles. The van der Waals surface area contributed by atoms with Crippen molar-refractivity contribution in [3.63, 3.8) is 0 Å². The molecule has 1 unspecified atom stereocenters. The van der Waals surface area contributed by atoms with E-state index in [9.17, 15) is 9.90 Å². The molecule has 0 aliphatic heterocycles. The monoisotopic (exact) mass is 498 g/mol. The van der Waals surface area contributed by atoms with Crippen molar-refractivity contribution in [2.24, 2.45) is 10.7 Å². The van der Waals surface area contributed by atoms with E-state index >= 15 is 0 Å². The maximum Gasteiger partial charge on any atom is 0.284 e. The summed E-state index contributed by atoms with van der Waals surface area (Å²) in [5, 5.41) is 16.3. The number of halogens is 2. The number of guanidine groups is 1. The number of aliphatic hydroxyl groups excluding tert-OH is 1. The van der Waals surface area contributed by atoms with Crippen LogP contribution in [0.4, 0.5) is 0 Å². The van der Waals surface area contributed by atoms with Gasteiger partial charge in [0.25, 0.3) is 5.91 Å². The zero-order chi connectivity index (χ0) is 17.5. The summed E-state index contributed by atoms with van der Waals surface area (Å²) in [6.07, 6.45) is -0.684. The molecule has 0 bridgehead atoms. The number of hydrogen-bond donors (Lipinski definition) is 4. The van der Waals surface area contributed by atoms with E-state index in [1.165, 1.54) is 17.4 Å². The smallest absolute Gasteiger partial charge is 0.284 e. The van der Waals surface area contributed by atoms with Gasteiger partial charge in [-0.1, -0.05) is 11.6 Å². The summed E-state index contributed by atoms with van der Waals surface area (Å²) in [6, 6.07) is 6.70. The number of primary amides is 1. The van der Waals surface area contributed by atoms with Crippen molar-refractivity contribution in [1.82, 2.24) is 10.6 Å². The zero-order valence-corrected chi connectivity index (χ0v) is 17.4. The third-order valence-electron chi connectivity index (χ3n) is 3.03. The van der Waals surface area contributed by atoms with Gasteiger partial charge in [-0.2, -0.15) is 0 Å². The topological polar surface area (TPSA) is 113 Å². The molecule has 2 heterocycles. The third-order valence-corrected chi connectivity index (χ3v) is 4.36. The Kier molecular flexibility index (Phi) is 9.25. The van der Waals surface area contributed by atoms with Gasteiger partial charge in [0, 0.05) is 18.0 Å². The molecule has 0 spiro atoms. The van der Waals surface area contributed by atoms with Crippen molar-refractivity contribution in [2.75, 3.05) is 13.1 Å². The number of aliphatic imine (C=N–C) groups is 1.